The molecule has 2 N–H and O–H groups in total. The van der Waals surface area contributed by atoms with E-state index >= 15 is 0 Å². The highest BCUT2D eigenvalue weighted by atomic mass is 16.5. The fourth-order valence-electron chi connectivity index (χ4n) is 2.58. The van der Waals surface area contributed by atoms with Crippen LogP contribution >= 0.6 is 0 Å². The van der Waals surface area contributed by atoms with Crippen LogP contribution in [0.2, 0.25) is 0 Å². The Bertz CT molecular complexity index is 461. The van der Waals surface area contributed by atoms with Gasteiger partial charge in [0.25, 0.3) is 0 Å². The molecule has 1 aliphatic rings. The van der Waals surface area contributed by atoms with E-state index in [0.29, 0.717) is 6.42 Å². The summed E-state index contributed by atoms with van der Waals surface area (Å²) < 4.78 is 5.55. The molecule has 0 fully saturated rings. The maximum Gasteiger partial charge on any atom is 0.313 e. The van der Waals surface area contributed by atoms with Crippen LogP contribution in [0.5, 0.6) is 5.75 Å². The average molecular weight is 250 g/mol. The zero-order valence-corrected chi connectivity index (χ0v) is 10.6. The van der Waals surface area contributed by atoms with Gasteiger partial charge in [0.15, 0.2) is 0 Å². The normalized spacial score (nSPS) is 23.1. The zero-order valence-electron chi connectivity index (χ0n) is 10.6. The molecule has 1 unspecified atom stereocenters. The third-order valence-corrected chi connectivity index (χ3v) is 3.23. The lowest BCUT2D eigenvalue weighted by molar-refractivity contribution is -0.156. The van der Waals surface area contributed by atoms with Gasteiger partial charge in [-0.3, -0.25) is 4.79 Å². The quantitative estimate of drug-likeness (QED) is 0.859. The predicted octanol–water partition coefficient (Wildman–Crippen LogP) is 1.85. The summed E-state index contributed by atoms with van der Waals surface area (Å²) in [5, 5.41) is 19.4. The fraction of sp³-hybridized carbons (Fsp3) is 0.500. The van der Waals surface area contributed by atoms with E-state index < -0.39 is 17.0 Å². The molecule has 0 aliphatic carbocycles. The summed E-state index contributed by atoms with van der Waals surface area (Å²) in [6, 6.07) is 7.44. The van der Waals surface area contributed by atoms with Crippen molar-refractivity contribution in [3.05, 3.63) is 29.8 Å². The van der Waals surface area contributed by atoms with Gasteiger partial charge in [-0.2, -0.15) is 0 Å². The van der Waals surface area contributed by atoms with E-state index in [9.17, 15) is 15.0 Å². The second-order valence-electron chi connectivity index (χ2n) is 5.65. The predicted molar refractivity (Wildman–Crippen MR) is 66.6 cm³/mol. The van der Waals surface area contributed by atoms with Crippen LogP contribution in [0.4, 0.5) is 0 Å². The van der Waals surface area contributed by atoms with Crippen molar-refractivity contribution in [3.63, 3.8) is 0 Å². The van der Waals surface area contributed by atoms with Gasteiger partial charge in [0.2, 0.25) is 0 Å². The van der Waals surface area contributed by atoms with E-state index in [2.05, 4.69) is 0 Å². The van der Waals surface area contributed by atoms with Crippen molar-refractivity contribution < 1.29 is 19.7 Å². The number of carbonyl (C=O) groups is 1. The Morgan fingerprint density at radius 2 is 2.11 bits per heavy atom. The number of hydrogen-bond donors (Lipinski definition) is 2. The van der Waals surface area contributed by atoms with E-state index in [1.165, 1.54) is 0 Å². The number of para-hydroxylation sites is 1. The standard InChI is InChI=1S/C14H18O4/c1-13(2,17)8-14(12(15)16)7-10-5-3-4-6-11(10)18-9-14/h3-6,17H,7-9H2,1-2H3,(H,15,16). The molecule has 0 aromatic heterocycles. The molecule has 1 aliphatic heterocycles. The van der Waals surface area contributed by atoms with Crippen LogP contribution in [0.15, 0.2) is 24.3 Å². The van der Waals surface area contributed by atoms with Crippen molar-refractivity contribution >= 4 is 5.97 Å². The number of fused-ring (bicyclic) bond motifs is 1. The van der Waals surface area contributed by atoms with Crippen molar-refractivity contribution in [1.82, 2.24) is 0 Å². The number of aliphatic hydroxyl groups is 1. The molecule has 0 saturated carbocycles. The lowest BCUT2D eigenvalue weighted by Crippen LogP contribution is -2.46. The molecule has 1 aromatic rings. The Kier molecular flexibility index (Phi) is 3.07. The second-order valence-corrected chi connectivity index (χ2v) is 5.65. The van der Waals surface area contributed by atoms with Crippen LogP contribution in [0, 0.1) is 5.41 Å². The maximum absolute atomic E-state index is 11.6. The summed E-state index contributed by atoms with van der Waals surface area (Å²) >= 11 is 0. The SMILES string of the molecule is CC(C)(O)CC1(C(=O)O)COc2ccccc2C1. The Labute approximate surface area is 106 Å². The average Bonchev–Trinajstić information content (AvgIpc) is 2.26. The van der Waals surface area contributed by atoms with Crippen molar-refractivity contribution in [2.24, 2.45) is 5.41 Å². The Morgan fingerprint density at radius 1 is 1.44 bits per heavy atom. The van der Waals surface area contributed by atoms with E-state index in [4.69, 9.17) is 4.74 Å². The molecule has 4 heteroatoms. The van der Waals surface area contributed by atoms with E-state index in [1.54, 1.807) is 13.8 Å². The molecule has 0 amide bonds. The Balaban J connectivity index is 2.33. The number of aliphatic carboxylic acids is 1. The number of benzene rings is 1. The van der Waals surface area contributed by atoms with Gasteiger partial charge in [-0.1, -0.05) is 18.2 Å². The number of carboxylic acid groups (broad SMARTS) is 1. The van der Waals surface area contributed by atoms with Gasteiger partial charge >= 0.3 is 5.97 Å². The topological polar surface area (TPSA) is 66.8 Å². The number of ether oxygens (including phenoxy) is 1. The fourth-order valence-corrected chi connectivity index (χ4v) is 2.58. The maximum atomic E-state index is 11.6. The molecule has 1 heterocycles. The van der Waals surface area contributed by atoms with Gasteiger partial charge in [0, 0.05) is 0 Å². The van der Waals surface area contributed by atoms with Crippen LogP contribution in [0.1, 0.15) is 25.8 Å². The van der Waals surface area contributed by atoms with Gasteiger partial charge in [0.05, 0.1) is 5.60 Å². The summed E-state index contributed by atoms with van der Waals surface area (Å²) in [5.41, 5.74) is -1.20. The molecule has 0 radical (unpaired) electrons. The van der Waals surface area contributed by atoms with Gasteiger partial charge in [-0.05, 0) is 38.3 Å². The highest BCUT2D eigenvalue weighted by Gasteiger charge is 2.46. The molecular formula is C14H18O4. The van der Waals surface area contributed by atoms with Gasteiger partial charge in [0.1, 0.15) is 17.8 Å². The molecule has 0 saturated heterocycles. The first-order valence-electron chi connectivity index (χ1n) is 5.99. The van der Waals surface area contributed by atoms with Gasteiger partial charge < -0.3 is 14.9 Å². The molecule has 1 atom stereocenters. The molecule has 2 rings (SSSR count). The van der Waals surface area contributed by atoms with E-state index in [0.717, 1.165) is 11.3 Å². The third-order valence-electron chi connectivity index (χ3n) is 3.23. The molecule has 98 valence electrons. The van der Waals surface area contributed by atoms with Crippen molar-refractivity contribution in [2.45, 2.75) is 32.3 Å². The lowest BCUT2D eigenvalue weighted by atomic mass is 9.73. The number of rotatable bonds is 3. The minimum Gasteiger partial charge on any atom is -0.492 e. The van der Waals surface area contributed by atoms with Crippen LogP contribution in [-0.2, 0) is 11.2 Å². The summed E-state index contributed by atoms with van der Waals surface area (Å²) in [6.45, 7) is 3.35. The molecular weight excluding hydrogens is 232 g/mol. The smallest absolute Gasteiger partial charge is 0.313 e. The molecule has 0 bridgehead atoms. The summed E-state index contributed by atoms with van der Waals surface area (Å²) in [5.74, 6) is -0.177. The summed E-state index contributed by atoms with van der Waals surface area (Å²) in [6.07, 6.45) is 0.562. The van der Waals surface area contributed by atoms with Crippen LogP contribution in [-0.4, -0.2) is 28.4 Å². The van der Waals surface area contributed by atoms with Gasteiger partial charge in [-0.25, -0.2) is 0 Å². The van der Waals surface area contributed by atoms with Crippen molar-refractivity contribution in [3.8, 4) is 5.75 Å². The van der Waals surface area contributed by atoms with Gasteiger partial charge in [-0.15, -0.1) is 0 Å². The van der Waals surface area contributed by atoms with E-state index in [-0.39, 0.29) is 13.0 Å². The highest BCUT2D eigenvalue weighted by molar-refractivity contribution is 5.76. The molecule has 1 aromatic carbocycles. The van der Waals surface area contributed by atoms with Crippen molar-refractivity contribution in [2.75, 3.05) is 6.61 Å². The first-order valence-corrected chi connectivity index (χ1v) is 5.99. The zero-order chi connectivity index (χ0) is 13.4. The third kappa shape index (κ3) is 2.48. The monoisotopic (exact) mass is 250 g/mol. The van der Waals surface area contributed by atoms with Crippen LogP contribution in [0.3, 0.4) is 0 Å². The first kappa shape index (κ1) is 12.9. The van der Waals surface area contributed by atoms with Crippen molar-refractivity contribution in [1.29, 1.82) is 0 Å². The number of carboxylic acids is 1. The van der Waals surface area contributed by atoms with E-state index in [1.807, 2.05) is 24.3 Å². The Hall–Kier alpha value is -1.55. The molecule has 0 spiro atoms. The minimum absolute atomic E-state index is 0.101. The highest BCUT2D eigenvalue weighted by Crippen LogP contribution is 2.39. The summed E-state index contributed by atoms with van der Waals surface area (Å²) in [4.78, 5) is 11.6. The second kappa shape index (κ2) is 4.28. The number of hydrogen-bond acceptors (Lipinski definition) is 3. The largest absolute Gasteiger partial charge is 0.492 e. The first-order chi connectivity index (χ1) is 8.32. The molecule has 18 heavy (non-hydrogen) atoms. The van der Waals surface area contributed by atoms with Crippen LogP contribution in [0.25, 0.3) is 0 Å². The molecule has 4 nitrogen and oxygen atoms in total. The minimum atomic E-state index is -1.05. The lowest BCUT2D eigenvalue weighted by Gasteiger charge is -2.37. The van der Waals surface area contributed by atoms with Crippen LogP contribution < -0.4 is 4.74 Å². The Morgan fingerprint density at radius 3 is 2.72 bits per heavy atom. The summed E-state index contributed by atoms with van der Waals surface area (Å²) in [7, 11) is 0.